The van der Waals surface area contributed by atoms with Crippen molar-refractivity contribution in [2.24, 2.45) is 0 Å². The number of hydrogen-bond acceptors (Lipinski definition) is 5. The van der Waals surface area contributed by atoms with Crippen LogP contribution in [0.3, 0.4) is 0 Å². The summed E-state index contributed by atoms with van der Waals surface area (Å²) in [5, 5.41) is 0.471. The van der Waals surface area contributed by atoms with Gasteiger partial charge in [-0.15, -0.1) is 0 Å². The molecule has 3 aromatic rings. The maximum absolute atomic E-state index is 12.4. The van der Waals surface area contributed by atoms with Gasteiger partial charge in [0, 0.05) is 0 Å². The first-order chi connectivity index (χ1) is 13.6. The van der Waals surface area contributed by atoms with E-state index in [1.807, 2.05) is 6.07 Å². The van der Waals surface area contributed by atoms with E-state index in [0.29, 0.717) is 34.8 Å². The van der Waals surface area contributed by atoms with Crippen molar-refractivity contribution >= 4 is 16.9 Å². The Hall–Kier alpha value is -2.99. The van der Waals surface area contributed by atoms with E-state index >= 15 is 0 Å². The monoisotopic (exact) mass is 377 g/mol. The molecule has 0 saturated carbocycles. The first kappa shape index (κ1) is 18.4. The molecule has 0 radical (unpaired) electrons. The van der Waals surface area contributed by atoms with Gasteiger partial charge in [-0.3, -0.25) is 9.69 Å². The van der Waals surface area contributed by atoms with Gasteiger partial charge < -0.3 is 9.72 Å². The lowest BCUT2D eigenvalue weighted by atomic mass is 9.89. The number of piperidine rings is 1. The van der Waals surface area contributed by atoms with Crippen LogP contribution in [0.15, 0.2) is 53.3 Å². The summed E-state index contributed by atoms with van der Waals surface area (Å²) in [4.78, 5) is 33.9. The number of benzene rings is 2. The number of nitrogens with one attached hydrogen (secondary N) is 1. The third-order valence-electron chi connectivity index (χ3n) is 5.41. The summed E-state index contributed by atoms with van der Waals surface area (Å²) in [5.74, 6) is 0.773. The van der Waals surface area contributed by atoms with Crippen molar-refractivity contribution in [2.45, 2.75) is 25.3 Å². The number of nitrogens with zero attached hydrogens (tertiary/aromatic N) is 2. The Kier molecular flexibility index (Phi) is 5.21. The first-order valence-electron chi connectivity index (χ1n) is 9.52. The van der Waals surface area contributed by atoms with E-state index < -0.39 is 5.97 Å². The van der Waals surface area contributed by atoms with Crippen LogP contribution in [0.25, 0.3) is 10.9 Å². The summed E-state index contributed by atoms with van der Waals surface area (Å²) in [6, 6.07) is 15.4. The molecule has 0 aliphatic carbocycles. The molecule has 1 aliphatic heterocycles. The minimum Gasteiger partial charge on any atom is -0.465 e. The molecule has 0 atom stereocenters. The number of aromatic amines is 1. The van der Waals surface area contributed by atoms with Crippen LogP contribution in [-0.2, 0) is 11.3 Å². The fraction of sp³-hybridized carbons (Fsp3) is 0.318. The van der Waals surface area contributed by atoms with Crippen molar-refractivity contribution in [3.05, 3.63) is 75.8 Å². The fourth-order valence-electron chi connectivity index (χ4n) is 3.87. The van der Waals surface area contributed by atoms with Gasteiger partial charge >= 0.3 is 5.97 Å². The minimum absolute atomic E-state index is 0.185. The molecule has 6 heteroatoms. The van der Waals surface area contributed by atoms with Crippen LogP contribution in [0, 0.1) is 0 Å². The zero-order valence-corrected chi connectivity index (χ0v) is 15.9. The Balaban J connectivity index is 1.49. The second-order valence-corrected chi connectivity index (χ2v) is 7.20. The number of esters is 1. The third kappa shape index (κ3) is 3.82. The predicted molar refractivity (Wildman–Crippen MR) is 107 cm³/mol. The minimum atomic E-state index is -0.437. The van der Waals surface area contributed by atoms with Crippen LogP contribution in [0.4, 0.5) is 0 Å². The van der Waals surface area contributed by atoms with E-state index in [-0.39, 0.29) is 5.56 Å². The van der Waals surface area contributed by atoms with Crippen LogP contribution in [0.5, 0.6) is 0 Å². The maximum atomic E-state index is 12.4. The van der Waals surface area contributed by atoms with E-state index in [1.54, 1.807) is 18.2 Å². The lowest BCUT2D eigenvalue weighted by molar-refractivity contribution is 0.0601. The normalized spacial score (nSPS) is 15.6. The molecule has 144 valence electrons. The molecule has 2 heterocycles. The molecule has 2 aromatic carbocycles. The summed E-state index contributed by atoms with van der Waals surface area (Å²) < 4.78 is 4.75. The van der Waals surface area contributed by atoms with Crippen LogP contribution in [-0.4, -0.2) is 41.0 Å². The van der Waals surface area contributed by atoms with Gasteiger partial charge in [0.1, 0.15) is 5.82 Å². The van der Waals surface area contributed by atoms with E-state index in [9.17, 15) is 9.59 Å². The van der Waals surface area contributed by atoms with Gasteiger partial charge in [-0.05, 0) is 55.6 Å². The highest BCUT2D eigenvalue weighted by Gasteiger charge is 2.21. The maximum Gasteiger partial charge on any atom is 0.337 e. The molecule has 0 amide bonds. The van der Waals surface area contributed by atoms with Crippen LogP contribution < -0.4 is 5.56 Å². The number of ether oxygens (including phenoxy) is 1. The summed E-state index contributed by atoms with van der Waals surface area (Å²) >= 11 is 0. The summed E-state index contributed by atoms with van der Waals surface area (Å²) in [6.45, 7) is 2.52. The van der Waals surface area contributed by atoms with E-state index in [0.717, 1.165) is 25.9 Å². The van der Waals surface area contributed by atoms with Crippen molar-refractivity contribution in [3.8, 4) is 0 Å². The van der Waals surface area contributed by atoms with Gasteiger partial charge in [-0.1, -0.05) is 30.3 Å². The van der Waals surface area contributed by atoms with Crippen molar-refractivity contribution in [2.75, 3.05) is 20.2 Å². The number of aromatic nitrogens is 2. The van der Waals surface area contributed by atoms with E-state index in [2.05, 4.69) is 39.1 Å². The molecule has 1 aliphatic rings. The van der Waals surface area contributed by atoms with Crippen LogP contribution in [0.1, 0.15) is 40.5 Å². The quantitative estimate of drug-likeness (QED) is 0.707. The second-order valence-electron chi connectivity index (χ2n) is 7.20. The lowest BCUT2D eigenvalue weighted by Crippen LogP contribution is -2.33. The molecule has 4 rings (SSSR count). The highest BCUT2D eigenvalue weighted by atomic mass is 16.5. The number of methoxy groups -OCH3 is 1. The van der Waals surface area contributed by atoms with Gasteiger partial charge in [0.25, 0.3) is 5.56 Å². The fourth-order valence-corrected chi connectivity index (χ4v) is 3.87. The molecule has 1 aromatic heterocycles. The summed E-state index contributed by atoms with van der Waals surface area (Å²) in [5.41, 5.74) is 2.12. The summed E-state index contributed by atoms with van der Waals surface area (Å²) in [7, 11) is 1.34. The van der Waals surface area contributed by atoms with Crippen LogP contribution >= 0.6 is 0 Å². The van der Waals surface area contributed by atoms with Crippen molar-refractivity contribution in [1.29, 1.82) is 0 Å². The van der Waals surface area contributed by atoms with Crippen molar-refractivity contribution in [3.63, 3.8) is 0 Å². The standard InChI is InChI=1S/C22H23N3O3/c1-28-22(27)17-7-8-18-19(13-17)23-20(24-21(18)26)14-25-11-9-16(10-12-25)15-5-3-2-4-6-15/h2-8,13,16H,9-12,14H2,1H3,(H,23,24,26). The van der Waals surface area contributed by atoms with Gasteiger partial charge in [-0.25, -0.2) is 9.78 Å². The molecule has 0 spiro atoms. The zero-order valence-electron chi connectivity index (χ0n) is 15.9. The highest BCUT2D eigenvalue weighted by molar-refractivity contribution is 5.93. The number of H-pyrrole nitrogens is 1. The molecular formula is C22H23N3O3. The number of carbonyl (C=O) groups excluding carboxylic acids is 1. The van der Waals surface area contributed by atoms with Gasteiger partial charge in [0.15, 0.2) is 0 Å². The molecule has 6 nitrogen and oxygen atoms in total. The van der Waals surface area contributed by atoms with Crippen LogP contribution in [0.2, 0.25) is 0 Å². The first-order valence-corrected chi connectivity index (χ1v) is 9.52. The largest absolute Gasteiger partial charge is 0.465 e. The van der Waals surface area contributed by atoms with Gasteiger partial charge in [0.2, 0.25) is 0 Å². The highest BCUT2D eigenvalue weighted by Crippen LogP contribution is 2.28. The predicted octanol–water partition coefficient (Wildman–Crippen LogP) is 3.09. The number of hydrogen-bond donors (Lipinski definition) is 1. The number of carbonyl (C=O) groups is 1. The molecule has 0 bridgehead atoms. The average Bonchev–Trinajstić information content (AvgIpc) is 2.74. The van der Waals surface area contributed by atoms with E-state index in [1.165, 1.54) is 12.7 Å². The third-order valence-corrected chi connectivity index (χ3v) is 5.41. The Morgan fingerprint density at radius 2 is 1.93 bits per heavy atom. The summed E-state index contributed by atoms with van der Waals surface area (Å²) in [6.07, 6.45) is 2.18. The molecule has 1 saturated heterocycles. The smallest absolute Gasteiger partial charge is 0.337 e. The topological polar surface area (TPSA) is 75.3 Å². The van der Waals surface area contributed by atoms with Gasteiger partial charge in [-0.2, -0.15) is 0 Å². The Morgan fingerprint density at radius 3 is 2.64 bits per heavy atom. The zero-order chi connectivity index (χ0) is 19.5. The Labute approximate surface area is 163 Å². The molecular weight excluding hydrogens is 354 g/mol. The van der Waals surface area contributed by atoms with E-state index in [4.69, 9.17) is 4.74 Å². The van der Waals surface area contributed by atoms with Crippen molar-refractivity contribution in [1.82, 2.24) is 14.9 Å². The van der Waals surface area contributed by atoms with Crippen molar-refractivity contribution < 1.29 is 9.53 Å². The number of fused-ring (bicyclic) bond motifs is 1. The SMILES string of the molecule is COC(=O)c1ccc2c(=O)[nH]c(CN3CCC(c4ccccc4)CC3)nc2c1. The Bertz CT molecular complexity index is 1040. The average molecular weight is 377 g/mol. The van der Waals surface area contributed by atoms with Gasteiger partial charge in [0.05, 0.1) is 30.1 Å². The molecule has 1 fully saturated rings. The number of likely N-dealkylation sites (tertiary alicyclic amines) is 1. The lowest BCUT2D eigenvalue weighted by Gasteiger charge is -2.31. The molecule has 1 N–H and O–H groups in total. The molecule has 0 unspecified atom stereocenters. The number of rotatable bonds is 4. The Morgan fingerprint density at radius 1 is 1.18 bits per heavy atom. The molecule has 28 heavy (non-hydrogen) atoms. The second kappa shape index (κ2) is 7.94.